The maximum Gasteiger partial charge on any atom is 0.309 e. The summed E-state index contributed by atoms with van der Waals surface area (Å²) >= 11 is 7.42. The van der Waals surface area contributed by atoms with E-state index < -0.39 is 11.9 Å². The Morgan fingerprint density at radius 3 is 2.38 bits per heavy atom. The molecular formula is C24H22ClNO5S. The number of carbonyl (C=O) groups is 2. The van der Waals surface area contributed by atoms with E-state index in [9.17, 15) is 9.59 Å². The fourth-order valence-electron chi connectivity index (χ4n) is 2.68. The highest BCUT2D eigenvalue weighted by Gasteiger charge is 2.12. The van der Waals surface area contributed by atoms with Crippen LogP contribution in [0, 0.1) is 0 Å². The van der Waals surface area contributed by atoms with Crippen LogP contribution in [0.15, 0.2) is 82.6 Å². The summed E-state index contributed by atoms with van der Waals surface area (Å²) < 4.78 is 15.8. The highest BCUT2D eigenvalue weighted by molar-refractivity contribution is 7.99. The second-order valence-corrected chi connectivity index (χ2v) is 8.06. The molecule has 0 spiro atoms. The topological polar surface area (TPSA) is 73.9 Å². The van der Waals surface area contributed by atoms with Gasteiger partial charge in [0.15, 0.2) is 18.1 Å². The summed E-state index contributed by atoms with van der Waals surface area (Å²) in [6.07, 6.45) is 0.00827. The van der Waals surface area contributed by atoms with Crippen LogP contribution in [0.5, 0.6) is 11.5 Å². The molecular weight excluding hydrogens is 450 g/mol. The van der Waals surface area contributed by atoms with Crippen molar-refractivity contribution in [3.05, 3.63) is 77.8 Å². The van der Waals surface area contributed by atoms with E-state index in [4.69, 9.17) is 25.8 Å². The molecule has 0 aliphatic heterocycles. The molecule has 0 saturated carbocycles. The van der Waals surface area contributed by atoms with Gasteiger partial charge in [-0.05, 0) is 48.5 Å². The Hall–Kier alpha value is -3.16. The van der Waals surface area contributed by atoms with Gasteiger partial charge in [0.05, 0.1) is 25.8 Å². The Morgan fingerprint density at radius 2 is 1.62 bits per heavy atom. The first-order valence-corrected chi connectivity index (χ1v) is 11.0. The minimum Gasteiger partial charge on any atom is -0.493 e. The number of benzene rings is 3. The summed E-state index contributed by atoms with van der Waals surface area (Å²) in [6.45, 7) is -0.269. The summed E-state index contributed by atoms with van der Waals surface area (Å²) in [4.78, 5) is 26.1. The smallest absolute Gasteiger partial charge is 0.309 e. The van der Waals surface area contributed by atoms with Crippen LogP contribution in [0.3, 0.4) is 0 Å². The number of ether oxygens (including phenoxy) is 3. The predicted molar refractivity (Wildman–Crippen MR) is 125 cm³/mol. The second kappa shape index (κ2) is 12.0. The predicted octanol–water partition coefficient (Wildman–Crippen LogP) is 5.45. The van der Waals surface area contributed by atoms with Gasteiger partial charge in [-0.3, -0.25) is 9.59 Å². The lowest BCUT2D eigenvalue weighted by molar-refractivity contribution is -0.147. The van der Waals surface area contributed by atoms with Crippen molar-refractivity contribution in [1.82, 2.24) is 0 Å². The van der Waals surface area contributed by atoms with Gasteiger partial charge in [-0.25, -0.2) is 0 Å². The van der Waals surface area contributed by atoms with Crippen molar-refractivity contribution in [2.75, 3.05) is 25.6 Å². The molecule has 0 aromatic heterocycles. The van der Waals surface area contributed by atoms with Crippen molar-refractivity contribution in [1.29, 1.82) is 0 Å². The molecule has 0 atom stereocenters. The van der Waals surface area contributed by atoms with Gasteiger partial charge >= 0.3 is 5.97 Å². The Kier molecular flexibility index (Phi) is 8.83. The molecule has 166 valence electrons. The van der Waals surface area contributed by atoms with Gasteiger partial charge in [0.2, 0.25) is 0 Å². The molecule has 6 nitrogen and oxygen atoms in total. The van der Waals surface area contributed by atoms with Crippen molar-refractivity contribution in [3.8, 4) is 11.5 Å². The average molecular weight is 472 g/mol. The number of anilines is 1. The van der Waals surface area contributed by atoms with Gasteiger partial charge < -0.3 is 19.5 Å². The first-order chi connectivity index (χ1) is 15.5. The molecule has 0 saturated heterocycles. The van der Waals surface area contributed by atoms with E-state index in [1.807, 2.05) is 54.6 Å². The van der Waals surface area contributed by atoms with Crippen LogP contribution >= 0.6 is 23.4 Å². The zero-order valence-corrected chi connectivity index (χ0v) is 18.9. The highest BCUT2D eigenvalue weighted by Crippen LogP contribution is 2.33. The summed E-state index contributed by atoms with van der Waals surface area (Å²) in [5.74, 6) is 0.165. The van der Waals surface area contributed by atoms with E-state index in [1.54, 1.807) is 25.3 Å². The zero-order valence-electron chi connectivity index (χ0n) is 17.4. The van der Waals surface area contributed by atoms with Crippen LogP contribution in [-0.2, 0) is 14.3 Å². The van der Waals surface area contributed by atoms with Crippen LogP contribution < -0.4 is 14.8 Å². The van der Waals surface area contributed by atoms with Crippen LogP contribution in [0.2, 0.25) is 5.02 Å². The van der Waals surface area contributed by atoms with Gasteiger partial charge in [0, 0.05) is 14.8 Å². The second-order valence-electron chi connectivity index (χ2n) is 6.51. The van der Waals surface area contributed by atoms with Crippen molar-refractivity contribution in [2.24, 2.45) is 0 Å². The van der Waals surface area contributed by atoms with Crippen molar-refractivity contribution in [2.45, 2.75) is 16.2 Å². The fraction of sp³-hybridized carbons (Fsp3) is 0.167. The third-order valence-electron chi connectivity index (χ3n) is 4.20. The molecule has 0 aliphatic rings. The molecule has 0 heterocycles. The summed E-state index contributed by atoms with van der Waals surface area (Å²) in [5, 5.41) is 3.44. The SMILES string of the molecule is COc1ccccc1OCCC(=O)OCC(=O)Nc1ccccc1Sc1ccc(Cl)cc1. The zero-order chi connectivity index (χ0) is 22.8. The van der Waals surface area contributed by atoms with Crippen LogP contribution in [0.4, 0.5) is 5.69 Å². The normalized spacial score (nSPS) is 10.3. The highest BCUT2D eigenvalue weighted by atomic mass is 35.5. The molecule has 1 N–H and O–H groups in total. The van der Waals surface area contributed by atoms with Crippen LogP contribution in [-0.4, -0.2) is 32.2 Å². The molecule has 0 radical (unpaired) electrons. The van der Waals surface area contributed by atoms with E-state index >= 15 is 0 Å². The lowest BCUT2D eigenvalue weighted by atomic mass is 10.3. The van der Waals surface area contributed by atoms with Gasteiger partial charge in [-0.2, -0.15) is 0 Å². The molecule has 1 amide bonds. The molecule has 0 unspecified atom stereocenters. The summed E-state index contributed by atoms with van der Waals surface area (Å²) in [6, 6.07) is 22.0. The lowest BCUT2D eigenvalue weighted by Crippen LogP contribution is -2.22. The van der Waals surface area contributed by atoms with E-state index in [0.717, 1.165) is 9.79 Å². The quantitative estimate of drug-likeness (QED) is 0.396. The van der Waals surface area contributed by atoms with Gasteiger partial charge in [0.25, 0.3) is 5.91 Å². The monoisotopic (exact) mass is 471 g/mol. The Balaban J connectivity index is 1.45. The van der Waals surface area contributed by atoms with E-state index in [-0.39, 0.29) is 19.6 Å². The van der Waals surface area contributed by atoms with Gasteiger partial charge in [-0.15, -0.1) is 0 Å². The fourth-order valence-corrected chi connectivity index (χ4v) is 3.70. The Labute approximate surface area is 195 Å². The number of esters is 1. The first kappa shape index (κ1) is 23.5. The largest absolute Gasteiger partial charge is 0.493 e. The number of nitrogens with one attached hydrogen (secondary N) is 1. The van der Waals surface area contributed by atoms with Gasteiger partial charge in [-0.1, -0.05) is 47.6 Å². The minimum atomic E-state index is -0.529. The number of rotatable bonds is 10. The number of methoxy groups -OCH3 is 1. The molecule has 8 heteroatoms. The molecule has 0 bridgehead atoms. The van der Waals surface area contributed by atoms with Crippen molar-refractivity contribution < 1.29 is 23.8 Å². The van der Waals surface area contributed by atoms with Crippen LogP contribution in [0.25, 0.3) is 0 Å². The third-order valence-corrected chi connectivity index (χ3v) is 5.54. The molecule has 0 aliphatic carbocycles. The number of hydrogen-bond acceptors (Lipinski definition) is 6. The number of halogens is 1. The number of carbonyl (C=O) groups excluding carboxylic acids is 2. The van der Waals surface area contributed by atoms with E-state index in [2.05, 4.69) is 5.32 Å². The summed E-state index contributed by atoms with van der Waals surface area (Å²) in [7, 11) is 1.54. The number of para-hydroxylation sites is 3. The minimum absolute atomic E-state index is 0.00827. The number of amides is 1. The van der Waals surface area contributed by atoms with E-state index in [0.29, 0.717) is 22.2 Å². The maximum atomic E-state index is 12.3. The molecule has 3 aromatic rings. The molecule has 3 aromatic carbocycles. The number of hydrogen-bond donors (Lipinski definition) is 1. The standard InChI is InChI=1S/C24H22ClNO5S/c1-29-20-7-3-4-8-21(20)30-15-14-24(28)31-16-23(27)26-19-6-2-5-9-22(19)32-18-12-10-17(25)11-13-18/h2-13H,14-16H2,1H3,(H,26,27). The third kappa shape index (κ3) is 7.21. The van der Waals surface area contributed by atoms with Crippen molar-refractivity contribution >= 4 is 40.9 Å². The molecule has 0 fully saturated rings. The maximum absolute atomic E-state index is 12.3. The summed E-state index contributed by atoms with van der Waals surface area (Å²) in [5.41, 5.74) is 0.632. The molecule has 32 heavy (non-hydrogen) atoms. The first-order valence-electron chi connectivity index (χ1n) is 9.79. The molecule has 3 rings (SSSR count). The van der Waals surface area contributed by atoms with Crippen molar-refractivity contribution in [3.63, 3.8) is 0 Å². The van der Waals surface area contributed by atoms with Gasteiger partial charge in [0.1, 0.15) is 0 Å². The Morgan fingerprint density at radius 1 is 0.938 bits per heavy atom. The lowest BCUT2D eigenvalue weighted by Gasteiger charge is -2.12. The Bertz CT molecular complexity index is 1060. The van der Waals surface area contributed by atoms with E-state index in [1.165, 1.54) is 11.8 Å². The van der Waals surface area contributed by atoms with Crippen LogP contribution in [0.1, 0.15) is 6.42 Å². The average Bonchev–Trinajstić information content (AvgIpc) is 2.81.